The molecule has 0 saturated carbocycles. The van der Waals surface area contributed by atoms with Crippen LogP contribution in [0.5, 0.6) is 0 Å². The Kier molecular flexibility index (Phi) is 3.09. The molecule has 2 unspecified atom stereocenters. The highest BCUT2D eigenvalue weighted by Crippen LogP contribution is 2.39. The number of rotatable bonds is 2. The second kappa shape index (κ2) is 4.83. The van der Waals surface area contributed by atoms with Crippen LogP contribution in [0, 0.1) is 0 Å². The summed E-state index contributed by atoms with van der Waals surface area (Å²) < 4.78 is 1.34. The molecule has 3 heteroatoms. The van der Waals surface area contributed by atoms with Crippen LogP contribution in [0.2, 0.25) is 0 Å². The van der Waals surface area contributed by atoms with Crippen molar-refractivity contribution in [1.29, 1.82) is 0 Å². The lowest BCUT2D eigenvalue weighted by molar-refractivity contribution is -0.00856. The molecule has 1 aromatic heterocycles. The molecule has 0 bridgehead atoms. The molecule has 2 atom stereocenters. The number of piperidine rings is 1. The van der Waals surface area contributed by atoms with Crippen molar-refractivity contribution in [3.05, 3.63) is 35.2 Å². The standard InChI is InChI=1S/C17H21NOS/c19-17(8-10-18-9-4-3-7-16(17)18)11-13-12-20-15-6-2-1-5-14(13)15/h1-2,5-6,12,16,19H,3-4,7-11H2. The fraction of sp³-hybridized carbons (Fsp3) is 0.529. The summed E-state index contributed by atoms with van der Waals surface area (Å²) in [6.45, 7) is 2.25. The fourth-order valence-electron chi connectivity index (χ4n) is 4.08. The molecule has 0 amide bonds. The van der Waals surface area contributed by atoms with E-state index in [0.717, 1.165) is 19.4 Å². The third kappa shape index (κ3) is 2.00. The van der Waals surface area contributed by atoms with E-state index in [0.29, 0.717) is 6.04 Å². The first-order chi connectivity index (χ1) is 9.76. The van der Waals surface area contributed by atoms with Crippen LogP contribution in [0.1, 0.15) is 31.2 Å². The molecule has 2 nitrogen and oxygen atoms in total. The van der Waals surface area contributed by atoms with Gasteiger partial charge >= 0.3 is 0 Å². The minimum absolute atomic E-state index is 0.384. The van der Waals surface area contributed by atoms with Gasteiger partial charge in [-0.05, 0) is 48.2 Å². The maximum absolute atomic E-state index is 11.2. The van der Waals surface area contributed by atoms with Gasteiger partial charge < -0.3 is 5.11 Å². The van der Waals surface area contributed by atoms with E-state index in [4.69, 9.17) is 0 Å². The van der Waals surface area contributed by atoms with E-state index in [2.05, 4.69) is 34.5 Å². The number of thiophene rings is 1. The number of nitrogens with zero attached hydrogens (tertiary/aromatic N) is 1. The predicted octanol–water partition coefficient (Wildman–Crippen LogP) is 3.43. The first-order valence-corrected chi connectivity index (χ1v) is 8.56. The van der Waals surface area contributed by atoms with Gasteiger partial charge in [0.25, 0.3) is 0 Å². The summed E-state index contributed by atoms with van der Waals surface area (Å²) in [5.41, 5.74) is 0.824. The highest BCUT2D eigenvalue weighted by atomic mass is 32.1. The van der Waals surface area contributed by atoms with E-state index < -0.39 is 5.60 Å². The number of fused-ring (bicyclic) bond motifs is 2. The molecule has 106 valence electrons. The van der Waals surface area contributed by atoms with Crippen LogP contribution in [0.25, 0.3) is 10.1 Å². The largest absolute Gasteiger partial charge is 0.388 e. The van der Waals surface area contributed by atoms with Gasteiger partial charge in [0.1, 0.15) is 0 Å². The summed E-state index contributed by atoms with van der Waals surface area (Å²) in [5, 5.41) is 14.8. The highest BCUT2D eigenvalue weighted by Gasteiger charge is 2.46. The van der Waals surface area contributed by atoms with Crippen molar-refractivity contribution >= 4 is 21.4 Å². The predicted molar refractivity (Wildman–Crippen MR) is 84.3 cm³/mol. The second-order valence-electron chi connectivity index (χ2n) is 6.34. The van der Waals surface area contributed by atoms with E-state index in [1.165, 1.54) is 41.5 Å². The number of benzene rings is 1. The Morgan fingerprint density at radius 2 is 2.15 bits per heavy atom. The first kappa shape index (κ1) is 12.8. The van der Waals surface area contributed by atoms with Crippen LogP contribution in [-0.2, 0) is 6.42 Å². The summed E-state index contributed by atoms with van der Waals surface area (Å²) in [6, 6.07) is 8.95. The van der Waals surface area contributed by atoms with E-state index in [1.807, 2.05) is 0 Å². The van der Waals surface area contributed by atoms with E-state index in [9.17, 15) is 5.11 Å². The minimum Gasteiger partial charge on any atom is -0.388 e. The van der Waals surface area contributed by atoms with Crippen molar-refractivity contribution in [3.63, 3.8) is 0 Å². The topological polar surface area (TPSA) is 23.5 Å². The lowest BCUT2D eigenvalue weighted by Crippen LogP contribution is -2.48. The Bertz CT molecular complexity index is 622. The van der Waals surface area contributed by atoms with Crippen LogP contribution in [0.4, 0.5) is 0 Å². The van der Waals surface area contributed by atoms with Crippen LogP contribution < -0.4 is 0 Å². The second-order valence-corrected chi connectivity index (χ2v) is 7.25. The van der Waals surface area contributed by atoms with Crippen LogP contribution in [0.3, 0.4) is 0 Å². The van der Waals surface area contributed by atoms with Crippen LogP contribution >= 0.6 is 11.3 Å². The normalized spacial score (nSPS) is 30.8. The smallest absolute Gasteiger partial charge is 0.0854 e. The Morgan fingerprint density at radius 1 is 1.25 bits per heavy atom. The average Bonchev–Trinajstić information content (AvgIpc) is 3.03. The molecule has 0 radical (unpaired) electrons. The number of hydrogen-bond donors (Lipinski definition) is 1. The van der Waals surface area contributed by atoms with Crippen molar-refractivity contribution in [3.8, 4) is 0 Å². The van der Waals surface area contributed by atoms with Crippen molar-refractivity contribution in [2.45, 2.75) is 43.7 Å². The molecule has 0 spiro atoms. The van der Waals surface area contributed by atoms with Crippen molar-refractivity contribution in [2.24, 2.45) is 0 Å². The molecule has 2 aromatic rings. The van der Waals surface area contributed by atoms with Gasteiger partial charge in [-0.1, -0.05) is 24.6 Å². The van der Waals surface area contributed by atoms with Gasteiger partial charge in [0.15, 0.2) is 0 Å². The Labute approximate surface area is 124 Å². The fourth-order valence-corrected chi connectivity index (χ4v) is 5.04. The van der Waals surface area contributed by atoms with Crippen molar-refractivity contribution < 1.29 is 5.11 Å². The molecule has 0 aliphatic carbocycles. The zero-order chi connectivity index (χ0) is 13.6. The average molecular weight is 287 g/mol. The Balaban J connectivity index is 1.64. The third-order valence-corrected chi connectivity index (χ3v) is 6.14. The summed E-state index contributed by atoms with van der Waals surface area (Å²) >= 11 is 1.80. The van der Waals surface area contributed by atoms with Gasteiger partial charge in [-0.3, -0.25) is 4.90 Å². The van der Waals surface area contributed by atoms with Crippen molar-refractivity contribution in [2.75, 3.05) is 13.1 Å². The zero-order valence-corrected chi connectivity index (χ0v) is 12.5. The molecule has 2 aliphatic heterocycles. The number of hydrogen-bond acceptors (Lipinski definition) is 3. The lowest BCUT2D eigenvalue weighted by Gasteiger charge is -2.37. The summed E-state index contributed by atoms with van der Waals surface area (Å²) in [4.78, 5) is 2.51. The SMILES string of the molecule is OC1(Cc2csc3ccccc23)CCN2CCCCC21. The molecule has 2 saturated heterocycles. The number of aliphatic hydroxyl groups is 1. The molecule has 3 heterocycles. The molecular formula is C17H21NOS. The van der Waals surface area contributed by atoms with Gasteiger partial charge in [0.2, 0.25) is 0 Å². The summed E-state index contributed by atoms with van der Waals surface area (Å²) in [6.07, 6.45) is 5.49. The quantitative estimate of drug-likeness (QED) is 0.914. The molecule has 1 N–H and O–H groups in total. The summed E-state index contributed by atoms with van der Waals surface area (Å²) in [5.74, 6) is 0. The third-order valence-electron chi connectivity index (χ3n) is 5.12. The molecule has 2 fully saturated rings. The Morgan fingerprint density at radius 3 is 3.10 bits per heavy atom. The maximum Gasteiger partial charge on any atom is 0.0854 e. The highest BCUT2D eigenvalue weighted by molar-refractivity contribution is 7.17. The molecular weight excluding hydrogens is 266 g/mol. The van der Waals surface area contributed by atoms with Gasteiger partial charge in [-0.15, -0.1) is 11.3 Å². The molecule has 2 aliphatic rings. The van der Waals surface area contributed by atoms with Crippen molar-refractivity contribution in [1.82, 2.24) is 4.90 Å². The van der Waals surface area contributed by atoms with Gasteiger partial charge in [0.05, 0.1) is 5.60 Å². The minimum atomic E-state index is -0.510. The van der Waals surface area contributed by atoms with Gasteiger partial charge in [-0.25, -0.2) is 0 Å². The van der Waals surface area contributed by atoms with E-state index >= 15 is 0 Å². The van der Waals surface area contributed by atoms with Gasteiger partial charge in [0, 0.05) is 23.7 Å². The molecule has 4 rings (SSSR count). The Hall–Kier alpha value is -0.900. The van der Waals surface area contributed by atoms with E-state index in [1.54, 1.807) is 11.3 Å². The van der Waals surface area contributed by atoms with Gasteiger partial charge in [-0.2, -0.15) is 0 Å². The summed E-state index contributed by atoms with van der Waals surface area (Å²) in [7, 11) is 0. The molecule has 1 aromatic carbocycles. The lowest BCUT2D eigenvalue weighted by atomic mass is 9.84. The van der Waals surface area contributed by atoms with E-state index in [-0.39, 0.29) is 0 Å². The monoisotopic (exact) mass is 287 g/mol. The zero-order valence-electron chi connectivity index (χ0n) is 11.7. The maximum atomic E-state index is 11.2. The molecule has 20 heavy (non-hydrogen) atoms. The van der Waals surface area contributed by atoms with Crippen LogP contribution in [-0.4, -0.2) is 34.7 Å². The first-order valence-electron chi connectivity index (χ1n) is 7.68. The van der Waals surface area contributed by atoms with Crippen LogP contribution in [0.15, 0.2) is 29.6 Å².